The lowest BCUT2D eigenvalue weighted by Gasteiger charge is -2.27. The lowest BCUT2D eigenvalue weighted by atomic mass is 9.88. The number of alkyl halides is 3. The van der Waals surface area contributed by atoms with Crippen LogP contribution in [0.1, 0.15) is 24.2 Å². The molecule has 49 heavy (non-hydrogen) atoms. The number of primary amides is 2. The minimum Gasteiger partial charge on any atom is -0.369 e. The number of nitrogens with zero attached hydrogens (tertiary/aromatic N) is 6. The molecule has 4 heterocycles. The number of aliphatic imine (C=N–C) groups is 2. The summed E-state index contributed by atoms with van der Waals surface area (Å²) in [7, 11) is 0. The normalized spacial score (nSPS) is 28.8. The van der Waals surface area contributed by atoms with Crippen LogP contribution in [0.15, 0.2) is 34.3 Å². The number of nitrogens with two attached hydrogens (primary N) is 2. The molecule has 258 valence electrons. The fourth-order valence-corrected chi connectivity index (χ4v) is 7.87. The van der Waals surface area contributed by atoms with Crippen LogP contribution in [-0.2, 0) is 27.2 Å². The van der Waals surface area contributed by atoms with E-state index in [4.69, 9.17) is 46.3 Å². The maximum atomic E-state index is 12.1. The number of nitrogens with one attached hydrogen (secondary N) is 2. The molecule has 6 aliphatic rings. The largest absolute Gasteiger partial charge is 0.471 e. The van der Waals surface area contributed by atoms with E-state index in [0.29, 0.717) is 41.8 Å². The molecule has 2 fully saturated rings. The van der Waals surface area contributed by atoms with Crippen LogP contribution in [0.4, 0.5) is 30.4 Å². The van der Waals surface area contributed by atoms with E-state index < -0.39 is 30.0 Å². The van der Waals surface area contributed by atoms with E-state index in [1.807, 2.05) is 5.32 Å². The highest BCUT2D eigenvalue weighted by Crippen LogP contribution is 2.46. The molecule has 0 aromatic carbocycles. The zero-order valence-electron chi connectivity index (χ0n) is 25.2. The van der Waals surface area contributed by atoms with E-state index in [1.54, 1.807) is 24.6 Å². The second-order valence-corrected chi connectivity index (χ2v) is 13.2. The van der Waals surface area contributed by atoms with Crippen molar-refractivity contribution >= 4 is 82.1 Å². The molecule has 13 nitrogen and oxygen atoms in total. The Bertz CT molecular complexity index is 1820. The molecule has 2 aromatic rings. The van der Waals surface area contributed by atoms with Gasteiger partial charge in [0.25, 0.3) is 0 Å². The Hall–Kier alpha value is -4.15. The molecule has 6 N–H and O–H groups in total. The first-order valence-corrected chi connectivity index (χ1v) is 16.3. The molecular formula is C30H28Cl3F3N10O3. The number of carbonyl (C=O) groups excluding carboxylic acids is 3. The molecule has 8 rings (SSSR count). The highest BCUT2D eigenvalue weighted by atomic mass is 35.5. The average Bonchev–Trinajstić information content (AvgIpc) is 3.86. The monoisotopic (exact) mass is 738 g/mol. The molecule has 2 aliphatic heterocycles. The van der Waals surface area contributed by atoms with Gasteiger partial charge in [0.15, 0.2) is 11.0 Å². The van der Waals surface area contributed by atoms with Crippen molar-refractivity contribution in [1.29, 1.82) is 0 Å². The Balaban J connectivity index is 0.000000134. The molecule has 19 heteroatoms. The van der Waals surface area contributed by atoms with Crippen molar-refractivity contribution in [2.24, 2.45) is 57.0 Å². The summed E-state index contributed by atoms with van der Waals surface area (Å²) in [4.78, 5) is 58.2. The van der Waals surface area contributed by atoms with Crippen molar-refractivity contribution in [1.82, 2.24) is 25.3 Å². The van der Waals surface area contributed by atoms with E-state index in [9.17, 15) is 27.6 Å². The highest BCUT2D eigenvalue weighted by Gasteiger charge is 2.51. The lowest BCUT2D eigenvalue weighted by Crippen LogP contribution is -2.51. The third-order valence-corrected chi connectivity index (χ3v) is 9.86. The summed E-state index contributed by atoms with van der Waals surface area (Å²) in [5.41, 5.74) is 13.7. The van der Waals surface area contributed by atoms with E-state index in [0.717, 1.165) is 23.5 Å². The molecule has 4 aliphatic carbocycles. The number of aromatic nitrogens is 4. The van der Waals surface area contributed by atoms with Gasteiger partial charge in [0.1, 0.15) is 11.4 Å². The summed E-state index contributed by atoms with van der Waals surface area (Å²) < 4.78 is 36.4. The van der Waals surface area contributed by atoms with Gasteiger partial charge in [-0.1, -0.05) is 35.9 Å². The predicted octanol–water partition coefficient (Wildman–Crippen LogP) is 3.86. The zero-order chi connectivity index (χ0) is 35.2. The van der Waals surface area contributed by atoms with Gasteiger partial charge in [-0.25, -0.2) is 15.0 Å². The Labute approximate surface area is 291 Å². The van der Waals surface area contributed by atoms with Gasteiger partial charge in [0, 0.05) is 37.4 Å². The number of halogens is 6. The van der Waals surface area contributed by atoms with E-state index >= 15 is 0 Å². The predicted molar refractivity (Wildman–Crippen MR) is 175 cm³/mol. The van der Waals surface area contributed by atoms with Crippen LogP contribution < -0.4 is 22.1 Å². The molecule has 2 saturated carbocycles. The number of hydrogen-bond acceptors (Lipinski definition) is 10. The second kappa shape index (κ2) is 13.6. The van der Waals surface area contributed by atoms with Gasteiger partial charge in [-0.2, -0.15) is 18.2 Å². The van der Waals surface area contributed by atoms with Crippen LogP contribution in [0.3, 0.4) is 0 Å². The van der Waals surface area contributed by atoms with Crippen molar-refractivity contribution in [3.63, 3.8) is 0 Å². The Kier molecular flexibility index (Phi) is 9.66. The van der Waals surface area contributed by atoms with Crippen molar-refractivity contribution in [2.75, 3.05) is 5.32 Å². The summed E-state index contributed by atoms with van der Waals surface area (Å²) in [5.74, 6) is -3.20. The number of rotatable bonds is 5. The summed E-state index contributed by atoms with van der Waals surface area (Å²) in [6.07, 6.45) is 9.19. The summed E-state index contributed by atoms with van der Waals surface area (Å²) >= 11 is 17.3. The Morgan fingerprint density at radius 1 is 0.714 bits per heavy atom. The summed E-state index contributed by atoms with van der Waals surface area (Å²) in [6, 6.07) is -0.889. The summed E-state index contributed by atoms with van der Waals surface area (Å²) in [5, 5.41) is 5.91. The molecule has 2 aromatic heterocycles. The van der Waals surface area contributed by atoms with E-state index in [-0.39, 0.29) is 46.2 Å². The topological polar surface area (TPSA) is 204 Å². The number of carbonyl (C=O) groups is 3. The maximum absolute atomic E-state index is 12.1. The zero-order valence-corrected chi connectivity index (χ0v) is 27.5. The van der Waals surface area contributed by atoms with Crippen LogP contribution in [0.5, 0.6) is 0 Å². The van der Waals surface area contributed by atoms with Crippen LogP contribution in [0, 0.1) is 35.5 Å². The smallest absolute Gasteiger partial charge is 0.369 e. The van der Waals surface area contributed by atoms with Crippen molar-refractivity contribution in [3.8, 4) is 0 Å². The molecule has 3 amide bonds. The van der Waals surface area contributed by atoms with Gasteiger partial charge < -0.3 is 22.1 Å². The van der Waals surface area contributed by atoms with Gasteiger partial charge >= 0.3 is 12.1 Å². The minimum atomic E-state index is -4.94. The molecule has 8 unspecified atom stereocenters. The third-order valence-electron chi connectivity index (χ3n) is 9.26. The molecule has 4 bridgehead atoms. The maximum Gasteiger partial charge on any atom is 0.471 e. The quantitative estimate of drug-likeness (QED) is 0.201. The average molecular weight is 740 g/mol. The molecule has 0 spiro atoms. The number of anilines is 1. The van der Waals surface area contributed by atoms with Crippen LogP contribution >= 0.6 is 34.8 Å². The Morgan fingerprint density at radius 3 is 1.78 bits per heavy atom. The molecular weight excluding hydrogens is 712 g/mol. The fourth-order valence-electron chi connectivity index (χ4n) is 7.21. The van der Waals surface area contributed by atoms with Crippen LogP contribution in [0.25, 0.3) is 0 Å². The third kappa shape index (κ3) is 7.12. The fraction of sp³-hybridized carbons (Fsp3) is 0.433. The van der Waals surface area contributed by atoms with Gasteiger partial charge in [-0.15, -0.1) is 0 Å². The first-order chi connectivity index (χ1) is 23.2. The van der Waals surface area contributed by atoms with Crippen LogP contribution in [0.2, 0.25) is 15.7 Å². The molecule has 8 atom stereocenters. The van der Waals surface area contributed by atoms with Crippen LogP contribution in [-0.4, -0.2) is 68.3 Å². The number of allylic oxidation sites excluding steroid dienone is 2. The van der Waals surface area contributed by atoms with Crippen molar-refractivity contribution in [2.45, 2.75) is 43.9 Å². The van der Waals surface area contributed by atoms with Gasteiger partial charge in [-0.3, -0.25) is 24.4 Å². The van der Waals surface area contributed by atoms with E-state index in [1.165, 1.54) is 0 Å². The number of fused-ring (bicyclic) bond motifs is 6. The first-order valence-electron chi connectivity index (χ1n) is 15.1. The van der Waals surface area contributed by atoms with Gasteiger partial charge in [0.05, 0.1) is 23.2 Å². The van der Waals surface area contributed by atoms with Crippen molar-refractivity contribution in [3.05, 3.63) is 51.4 Å². The number of amides is 3. The van der Waals surface area contributed by atoms with E-state index in [2.05, 4.69) is 47.4 Å². The Morgan fingerprint density at radius 2 is 1.20 bits per heavy atom. The highest BCUT2D eigenvalue weighted by molar-refractivity contribution is 6.33. The SMILES string of the molecule is Clc1nc(Cl)c2c(n1)CC=N2.NC(=O)C1C2C=CC(C2)C1NC(=O)C(F)(F)F.NC(=O)C1C2C=CC(C2)C1Nc1nc(Cl)nc2c1N=CC2. The van der Waals surface area contributed by atoms with Gasteiger partial charge in [-0.05, 0) is 59.7 Å². The first kappa shape index (κ1) is 34.7. The standard InChI is InChI=1S/C14H14ClN5O.C10H11F3N2O2.C6H3Cl2N3/c15-14-18-8-3-4-17-11(8)13(20-14)19-10-7-2-1-6(5-7)9(10)12(16)21;11-10(12,13)9(17)15-7-5-2-1-4(3-5)6(7)8(14)16;7-5-4-3(1-2-9-4)10-6(8)11-5/h1-2,4,6-7,9-10H,3,5H2,(H2,16,21)(H,18,19,20);1-2,4-7H,3H2,(H2,14,16)(H,15,17);2H,1H2. The van der Waals surface area contributed by atoms with Crippen molar-refractivity contribution < 1.29 is 27.6 Å². The lowest BCUT2D eigenvalue weighted by molar-refractivity contribution is -0.175. The molecule has 0 radical (unpaired) electrons. The summed E-state index contributed by atoms with van der Waals surface area (Å²) in [6.45, 7) is 0. The van der Waals surface area contributed by atoms with Gasteiger partial charge in [0.2, 0.25) is 22.4 Å². The number of hydrogen-bond donors (Lipinski definition) is 4. The minimum absolute atomic E-state index is 0.0524. The second-order valence-electron chi connectivity index (χ2n) is 12.2. The molecule has 0 saturated heterocycles.